The Morgan fingerprint density at radius 3 is 2.71 bits per heavy atom. The molecule has 1 aliphatic rings. The predicted octanol–water partition coefficient (Wildman–Crippen LogP) is 2.21. The van der Waals surface area contributed by atoms with Crippen LogP contribution < -0.4 is 10.2 Å². The zero-order chi connectivity index (χ0) is 20.1. The third kappa shape index (κ3) is 4.23. The summed E-state index contributed by atoms with van der Waals surface area (Å²) in [6, 6.07) is 6.43. The number of rotatable bonds is 5. The number of piperidine rings is 1. The minimum atomic E-state index is -0.459. The van der Waals surface area contributed by atoms with Gasteiger partial charge in [0.2, 0.25) is 0 Å². The third-order valence-corrected chi connectivity index (χ3v) is 4.91. The molecule has 0 radical (unpaired) electrons. The van der Waals surface area contributed by atoms with E-state index in [1.165, 1.54) is 24.4 Å². The topological polar surface area (TPSA) is 125 Å². The molecule has 0 unspecified atom stereocenters. The van der Waals surface area contributed by atoms with Gasteiger partial charge in [-0.25, -0.2) is 9.97 Å². The highest BCUT2D eigenvalue weighted by atomic mass is 16.6. The van der Waals surface area contributed by atoms with Crippen molar-refractivity contribution in [3.05, 3.63) is 57.5 Å². The van der Waals surface area contributed by atoms with E-state index in [4.69, 9.17) is 5.26 Å². The first-order valence-electron chi connectivity index (χ1n) is 8.99. The van der Waals surface area contributed by atoms with Crippen LogP contribution >= 0.6 is 0 Å². The maximum absolute atomic E-state index is 12.3. The van der Waals surface area contributed by atoms with E-state index in [0.29, 0.717) is 35.1 Å². The van der Waals surface area contributed by atoms with Crippen LogP contribution in [0.5, 0.6) is 0 Å². The van der Waals surface area contributed by atoms with Gasteiger partial charge in [-0.05, 0) is 37.8 Å². The molecule has 0 saturated carbocycles. The molecule has 144 valence electrons. The normalized spacial score (nSPS) is 14.4. The fourth-order valence-electron chi connectivity index (χ4n) is 3.33. The lowest BCUT2D eigenvalue weighted by atomic mass is 9.96. The molecule has 2 heterocycles. The van der Waals surface area contributed by atoms with Crippen LogP contribution in [0.15, 0.2) is 30.6 Å². The number of aryl methyl sites for hydroxylation is 1. The van der Waals surface area contributed by atoms with E-state index in [0.717, 1.165) is 25.9 Å². The quantitative estimate of drug-likeness (QED) is 0.622. The molecule has 3 rings (SSSR count). The summed E-state index contributed by atoms with van der Waals surface area (Å²) < 4.78 is 0. The Hall–Kier alpha value is -3.54. The third-order valence-electron chi connectivity index (χ3n) is 4.91. The van der Waals surface area contributed by atoms with Crippen LogP contribution in [0, 0.1) is 34.3 Å². The second-order valence-corrected chi connectivity index (χ2v) is 6.74. The first-order valence-corrected chi connectivity index (χ1v) is 8.99. The van der Waals surface area contributed by atoms with Crippen molar-refractivity contribution in [2.24, 2.45) is 5.92 Å². The van der Waals surface area contributed by atoms with Gasteiger partial charge in [-0.3, -0.25) is 14.9 Å². The van der Waals surface area contributed by atoms with Gasteiger partial charge in [0.1, 0.15) is 6.07 Å². The molecule has 28 heavy (non-hydrogen) atoms. The van der Waals surface area contributed by atoms with Gasteiger partial charge in [-0.2, -0.15) is 5.26 Å². The molecule has 1 N–H and O–H groups in total. The summed E-state index contributed by atoms with van der Waals surface area (Å²) in [5.41, 5.74) is 1.20. The number of carbonyl (C=O) groups is 1. The summed E-state index contributed by atoms with van der Waals surface area (Å²) in [7, 11) is 0. The van der Waals surface area contributed by atoms with Gasteiger partial charge < -0.3 is 10.2 Å². The van der Waals surface area contributed by atoms with Crippen LogP contribution in [0.1, 0.15) is 34.5 Å². The van der Waals surface area contributed by atoms with Gasteiger partial charge in [0.25, 0.3) is 11.6 Å². The Labute approximate surface area is 162 Å². The molecule has 9 nitrogen and oxygen atoms in total. The molecular formula is C19H20N6O3. The fourth-order valence-corrected chi connectivity index (χ4v) is 3.33. The minimum Gasteiger partial charge on any atom is -0.354 e. The van der Waals surface area contributed by atoms with Crippen LogP contribution in [0.4, 0.5) is 11.5 Å². The van der Waals surface area contributed by atoms with Crippen molar-refractivity contribution in [1.82, 2.24) is 15.3 Å². The van der Waals surface area contributed by atoms with Crippen molar-refractivity contribution in [2.45, 2.75) is 19.8 Å². The summed E-state index contributed by atoms with van der Waals surface area (Å²) in [6.45, 7) is 3.63. The van der Waals surface area contributed by atoms with Gasteiger partial charge in [0.05, 0.1) is 4.92 Å². The number of nitro groups is 1. The number of aromatic nitrogens is 2. The number of carbonyl (C=O) groups excluding carboxylic acids is 1. The predicted molar refractivity (Wildman–Crippen MR) is 102 cm³/mol. The molecule has 0 spiro atoms. The van der Waals surface area contributed by atoms with Crippen molar-refractivity contribution in [1.29, 1.82) is 5.26 Å². The van der Waals surface area contributed by atoms with Crippen molar-refractivity contribution in [3.8, 4) is 6.07 Å². The lowest BCUT2D eigenvalue weighted by Crippen LogP contribution is -2.39. The summed E-state index contributed by atoms with van der Waals surface area (Å²) in [5.74, 6) is 0.691. The molecule has 1 amide bonds. The molecule has 0 atom stereocenters. The maximum atomic E-state index is 12.3. The first-order chi connectivity index (χ1) is 13.5. The average Bonchev–Trinajstić information content (AvgIpc) is 2.72. The smallest absolute Gasteiger partial charge is 0.272 e. The number of hydrogen-bond acceptors (Lipinski definition) is 7. The fraction of sp³-hybridized carbons (Fsp3) is 0.368. The van der Waals surface area contributed by atoms with Crippen LogP contribution in [-0.4, -0.2) is 40.4 Å². The monoisotopic (exact) mass is 380 g/mol. The van der Waals surface area contributed by atoms with Gasteiger partial charge >= 0.3 is 0 Å². The van der Waals surface area contributed by atoms with Gasteiger partial charge in [-0.1, -0.05) is 0 Å². The van der Waals surface area contributed by atoms with Gasteiger partial charge in [0.15, 0.2) is 11.5 Å². The van der Waals surface area contributed by atoms with Crippen molar-refractivity contribution >= 4 is 17.4 Å². The van der Waals surface area contributed by atoms with Crippen molar-refractivity contribution in [3.63, 3.8) is 0 Å². The molecule has 0 bridgehead atoms. The van der Waals surface area contributed by atoms with Gasteiger partial charge in [-0.15, -0.1) is 0 Å². The maximum Gasteiger partial charge on any atom is 0.272 e. The number of nitrogens with one attached hydrogen (secondary N) is 1. The number of hydrogen-bond donors (Lipinski definition) is 1. The summed E-state index contributed by atoms with van der Waals surface area (Å²) in [4.78, 5) is 33.1. The standard InChI is InChI=1S/C19H20N6O3/c1-13-10-15(2-3-17(13)25(27)28)19(26)23-12-14-4-8-24(9-5-14)18-16(11-20)21-6-7-22-18/h2-3,6-7,10,14H,4-5,8-9,12H2,1H3,(H,23,26). The second kappa shape index (κ2) is 8.43. The molecule has 0 aliphatic carbocycles. The molecule has 1 aromatic carbocycles. The molecule has 2 aromatic rings. The zero-order valence-corrected chi connectivity index (χ0v) is 15.5. The minimum absolute atomic E-state index is 0.00433. The van der Waals surface area contributed by atoms with E-state index in [1.807, 2.05) is 4.90 Å². The molecular weight excluding hydrogens is 360 g/mol. The average molecular weight is 380 g/mol. The first kappa shape index (κ1) is 19.2. The lowest BCUT2D eigenvalue weighted by Gasteiger charge is -2.32. The van der Waals surface area contributed by atoms with Gasteiger partial charge in [0, 0.05) is 49.2 Å². The van der Waals surface area contributed by atoms with E-state index in [2.05, 4.69) is 21.4 Å². The number of amides is 1. The Kier molecular flexibility index (Phi) is 5.79. The molecule has 1 saturated heterocycles. The number of nitro benzene ring substituents is 1. The second-order valence-electron chi connectivity index (χ2n) is 6.74. The molecule has 1 aromatic heterocycles. The SMILES string of the molecule is Cc1cc(C(=O)NCC2CCN(c3nccnc3C#N)CC2)ccc1[N+](=O)[O-]. The van der Waals surface area contributed by atoms with Crippen molar-refractivity contribution in [2.75, 3.05) is 24.5 Å². The van der Waals surface area contributed by atoms with Crippen LogP contribution in [0.25, 0.3) is 0 Å². The highest BCUT2D eigenvalue weighted by molar-refractivity contribution is 5.94. The largest absolute Gasteiger partial charge is 0.354 e. The summed E-state index contributed by atoms with van der Waals surface area (Å²) >= 11 is 0. The Bertz CT molecular complexity index is 932. The molecule has 1 aliphatic heterocycles. The van der Waals surface area contributed by atoms with Crippen LogP contribution in [0.2, 0.25) is 0 Å². The highest BCUT2D eigenvalue weighted by Gasteiger charge is 2.23. The number of anilines is 1. The van der Waals surface area contributed by atoms with E-state index < -0.39 is 4.92 Å². The highest BCUT2D eigenvalue weighted by Crippen LogP contribution is 2.23. The summed E-state index contributed by atoms with van der Waals surface area (Å²) in [6.07, 6.45) is 4.81. The zero-order valence-electron chi connectivity index (χ0n) is 15.5. The van der Waals surface area contributed by atoms with E-state index in [-0.39, 0.29) is 11.6 Å². The number of benzene rings is 1. The molecule has 1 fully saturated rings. The Balaban J connectivity index is 1.53. The van der Waals surface area contributed by atoms with Crippen LogP contribution in [0.3, 0.4) is 0 Å². The van der Waals surface area contributed by atoms with Crippen LogP contribution in [-0.2, 0) is 0 Å². The Morgan fingerprint density at radius 2 is 2.07 bits per heavy atom. The number of nitrogens with zero attached hydrogens (tertiary/aromatic N) is 5. The Morgan fingerprint density at radius 1 is 1.36 bits per heavy atom. The van der Waals surface area contributed by atoms with E-state index in [9.17, 15) is 14.9 Å². The van der Waals surface area contributed by atoms with E-state index >= 15 is 0 Å². The number of nitriles is 1. The molecule has 9 heteroatoms. The van der Waals surface area contributed by atoms with E-state index in [1.54, 1.807) is 13.1 Å². The van der Waals surface area contributed by atoms with Crippen molar-refractivity contribution < 1.29 is 9.72 Å². The summed E-state index contributed by atoms with van der Waals surface area (Å²) in [5, 5.41) is 23.0. The lowest BCUT2D eigenvalue weighted by molar-refractivity contribution is -0.385.